The Morgan fingerprint density at radius 1 is 1.33 bits per heavy atom. The van der Waals surface area contributed by atoms with E-state index in [-0.39, 0.29) is 0 Å². The van der Waals surface area contributed by atoms with Gasteiger partial charge in [-0.25, -0.2) is 9.97 Å². The van der Waals surface area contributed by atoms with Gasteiger partial charge in [0.2, 0.25) is 0 Å². The first-order valence-electron chi connectivity index (χ1n) is 5.84. The number of nitrogens with one attached hydrogen (secondary N) is 1. The number of hydrogen-bond donors (Lipinski definition) is 1. The van der Waals surface area contributed by atoms with Crippen LogP contribution >= 0.6 is 15.9 Å². The van der Waals surface area contributed by atoms with Gasteiger partial charge in [0, 0.05) is 18.3 Å². The number of nitrogens with zero attached hydrogens (tertiary/aromatic N) is 2. The summed E-state index contributed by atoms with van der Waals surface area (Å²) < 4.78 is 6.27. The molecule has 0 amide bonds. The predicted octanol–water partition coefficient (Wildman–Crippen LogP) is 3.97. The van der Waals surface area contributed by atoms with Crippen molar-refractivity contribution in [3.63, 3.8) is 0 Å². The van der Waals surface area contributed by atoms with Gasteiger partial charge in [0.05, 0.1) is 10.7 Å². The molecule has 0 saturated heterocycles. The molecular formula is C13H16BrN3O. The second-order valence-corrected chi connectivity index (χ2v) is 5.25. The number of furan rings is 1. The van der Waals surface area contributed by atoms with E-state index in [0.29, 0.717) is 17.5 Å². The number of halogens is 1. The van der Waals surface area contributed by atoms with E-state index in [1.54, 1.807) is 6.26 Å². The summed E-state index contributed by atoms with van der Waals surface area (Å²) in [7, 11) is 1.87. The standard InChI is InChI=1S/C13H16BrN3O/c1-7(2)10-8(3)16-13(17-12(10)15-4)11-9(14)5-6-18-11/h5-7H,1-4H3,(H,15,16,17). The van der Waals surface area contributed by atoms with Crippen molar-refractivity contribution in [3.8, 4) is 11.6 Å². The number of aromatic nitrogens is 2. The first-order valence-corrected chi connectivity index (χ1v) is 6.63. The third-order valence-corrected chi connectivity index (χ3v) is 3.40. The lowest BCUT2D eigenvalue weighted by Crippen LogP contribution is -2.06. The van der Waals surface area contributed by atoms with Crippen molar-refractivity contribution in [2.75, 3.05) is 12.4 Å². The normalized spacial score (nSPS) is 11.0. The highest BCUT2D eigenvalue weighted by atomic mass is 79.9. The average molecular weight is 310 g/mol. The molecule has 2 rings (SSSR count). The fraction of sp³-hybridized carbons (Fsp3) is 0.385. The molecule has 1 N–H and O–H groups in total. The van der Waals surface area contributed by atoms with Crippen LogP contribution in [0.1, 0.15) is 31.0 Å². The van der Waals surface area contributed by atoms with Gasteiger partial charge in [-0.1, -0.05) is 13.8 Å². The van der Waals surface area contributed by atoms with Crippen LogP contribution in [-0.4, -0.2) is 17.0 Å². The molecule has 2 heterocycles. The van der Waals surface area contributed by atoms with E-state index in [1.165, 1.54) is 0 Å². The fourth-order valence-corrected chi connectivity index (χ4v) is 2.40. The second-order valence-electron chi connectivity index (χ2n) is 4.40. The predicted molar refractivity (Wildman–Crippen MR) is 75.8 cm³/mol. The molecule has 0 fully saturated rings. The van der Waals surface area contributed by atoms with Crippen molar-refractivity contribution in [1.82, 2.24) is 9.97 Å². The molecule has 0 bridgehead atoms. The van der Waals surface area contributed by atoms with Gasteiger partial charge in [0.25, 0.3) is 0 Å². The number of rotatable bonds is 3. The minimum absolute atomic E-state index is 0.376. The summed E-state index contributed by atoms with van der Waals surface area (Å²) in [4.78, 5) is 9.06. The fourth-order valence-electron chi connectivity index (χ4n) is 2.02. The smallest absolute Gasteiger partial charge is 0.199 e. The third kappa shape index (κ3) is 2.27. The Balaban J connectivity index is 2.60. The Hall–Kier alpha value is -1.36. The van der Waals surface area contributed by atoms with E-state index in [9.17, 15) is 0 Å². The molecule has 5 heteroatoms. The molecule has 0 aliphatic heterocycles. The molecule has 4 nitrogen and oxygen atoms in total. The summed E-state index contributed by atoms with van der Waals surface area (Å²) in [5.74, 6) is 2.49. The zero-order valence-electron chi connectivity index (χ0n) is 10.9. The van der Waals surface area contributed by atoms with Crippen LogP contribution in [0.4, 0.5) is 5.82 Å². The molecule has 2 aromatic heterocycles. The zero-order chi connectivity index (χ0) is 13.3. The minimum Gasteiger partial charge on any atom is -0.460 e. The Morgan fingerprint density at radius 3 is 2.56 bits per heavy atom. The molecule has 18 heavy (non-hydrogen) atoms. The van der Waals surface area contributed by atoms with Crippen LogP contribution in [-0.2, 0) is 0 Å². The first-order chi connectivity index (χ1) is 8.54. The maximum absolute atomic E-state index is 5.41. The molecule has 0 spiro atoms. The van der Waals surface area contributed by atoms with E-state index in [0.717, 1.165) is 21.5 Å². The van der Waals surface area contributed by atoms with E-state index < -0.39 is 0 Å². The maximum atomic E-state index is 5.41. The van der Waals surface area contributed by atoms with Crippen LogP contribution in [0.3, 0.4) is 0 Å². The van der Waals surface area contributed by atoms with Crippen LogP contribution in [0.2, 0.25) is 0 Å². The largest absolute Gasteiger partial charge is 0.460 e. The summed E-state index contributed by atoms with van der Waals surface area (Å²) >= 11 is 3.43. The number of anilines is 1. The van der Waals surface area contributed by atoms with Gasteiger partial charge >= 0.3 is 0 Å². The molecular weight excluding hydrogens is 294 g/mol. The van der Waals surface area contributed by atoms with Crippen molar-refractivity contribution >= 4 is 21.7 Å². The van der Waals surface area contributed by atoms with Crippen molar-refractivity contribution in [2.24, 2.45) is 0 Å². The molecule has 0 atom stereocenters. The molecule has 0 saturated carbocycles. The summed E-state index contributed by atoms with van der Waals surface area (Å²) in [6.45, 7) is 6.27. The average Bonchev–Trinajstić information content (AvgIpc) is 2.73. The molecule has 0 radical (unpaired) electrons. The van der Waals surface area contributed by atoms with Crippen LogP contribution in [0.5, 0.6) is 0 Å². The molecule has 96 valence electrons. The second kappa shape index (κ2) is 5.10. The number of hydrogen-bond acceptors (Lipinski definition) is 4. The van der Waals surface area contributed by atoms with E-state index >= 15 is 0 Å². The van der Waals surface area contributed by atoms with Gasteiger partial charge in [-0.3, -0.25) is 0 Å². The summed E-state index contributed by atoms with van der Waals surface area (Å²) in [5, 5.41) is 3.13. The topological polar surface area (TPSA) is 51.0 Å². The van der Waals surface area contributed by atoms with E-state index in [2.05, 4.69) is 45.1 Å². The van der Waals surface area contributed by atoms with Gasteiger partial charge in [0.1, 0.15) is 5.82 Å². The Kier molecular flexibility index (Phi) is 3.71. The van der Waals surface area contributed by atoms with Gasteiger partial charge < -0.3 is 9.73 Å². The van der Waals surface area contributed by atoms with Gasteiger partial charge in [-0.05, 0) is 34.8 Å². The molecule has 0 aliphatic rings. The van der Waals surface area contributed by atoms with Crippen LogP contribution in [0.25, 0.3) is 11.6 Å². The quantitative estimate of drug-likeness (QED) is 0.932. The Labute approximate surface area is 115 Å². The highest BCUT2D eigenvalue weighted by molar-refractivity contribution is 9.10. The van der Waals surface area contributed by atoms with Crippen molar-refractivity contribution in [1.29, 1.82) is 0 Å². The maximum Gasteiger partial charge on any atom is 0.199 e. The van der Waals surface area contributed by atoms with Crippen molar-refractivity contribution in [2.45, 2.75) is 26.7 Å². The Bertz CT molecular complexity index is 563. The van der Waals surface area contributed by atoms with E-state index in [1.807, 2.05) is 20.0 Å². The highest BCUT2D eigenvalue weighted by Gasteiger charge is 2.17. The monoisotopic (exact) mass is 309 g/mol. The minimum atomic E-state index is 0.376. The van der Waals surface area contributed by atoms with Gasteiger partial charge in [-0.2, -0.15) is 0 Å². The molecule has 0 aliphatic carbocycles. The lowest BCUT2D eigenvalue weighted by molar-refractivity contribution is 0.575. The number of aryl methyl sites for hydroxylation is 1. The zero-order valence-corrected chi connectivity index (χ0v) is 12.5. The highest BCUT2D eigenvalue weighted by Crippen LogP contribution is 2.31. The van der Waals surface area contributed by atoms with Crippen molar-refractivity contribution in [3.05, 3.63) is 28.1 Å². The first kappa shape index (κ1) is 13.1. The molecule has 2 aromatic rings. The summed E-state index contributed by atoms with van der Waals surface area (Å²) in [5.41, 5.74) is 2.12. The lowest BCUT2D eigenvalue weighted by Gasteiger charge is -2.15. The van der Waals surface area contributed by atoms with E-state index in [4.69, 9.17) is 4.42 Å². The third-order valence-electron chi connectivity index (χ3n) is 2.77. The van der Waals surface area contributed by atoms with Crippen LogP contribution < -0.4 is 5.32 Å². The van der Waals surface area contributed by atoms with Crippen molar-refractivity contribution < 1.29 is 4.42 Å². The van der Waals surface area contributed by atoms with Gasteiger partial charge in [0.15, 0.2) is 11.6 Å². The SMILES string of the molecule is CNc1nc(-c2occc2Br)nc(C)c1C(C)C. The summed E-state index contributed by atoms with van der Waals surface area (Å²) in [6, 6.07) is 1.84. The Morgan fingerprint density at radius 2 is 2.06 bits per heavy atom. The van der Waals surface area contributed by atoms with Gasteiger partial charge in [-0.15, -0.1) is 0 Å². The molecule has 0 unspecified atom stereocenters. The lowest BCUT2D eigenvalue weighted by atomic mass is 10.0. The summed E-state index contributed by atoms with van der Waals surface area (Å²) in [6.07, 6.45) is 1.62. The van der Waals surface area contributed by atoms with Crippen LogP contribution in [0, 0.1) is 6.92 Å². The van der Waals surface area contributed by atoms with Crippen LogP contribution in [0.15, 0.2) is 21.2 Å². The molecule has 0 aromatic carbocycles.